The third-order valence-corrected chi connectivity index (χ3v) is 2.53. The molecule has 0 fully saturated rings. The van der Waals surface area contributed by atoms with E-state index < -0.39 is 40.9 Å². The lowest BCUT2D eigenvalue weighted by atomic mass is 9.98. The molecule has 0 aliphatic rings. The van der Waals surface area contributed by atoms with Crippen LogP contribution >= 0.6 is 0 Å². The number of hydrogen-bond acceptors (Lipinski definition) is 5. The van der Waals surface area contributed by atoms with Gasteiger partial charge in [-0.25, -0.2) is 13.4 Å². The number of rotatable bonds is 6. The van der Waals surface area contributed by atoms with Gasteiger partial charge in [-0.05, 0) is 20.8 Å². The molecule has 0 aromatic rings. The van der Waals surface area contributed by atoms with Gasteiger partial charge in [-0.2, -0.15) is 0 Å². The third-order valence-electron chi connectivity index (χ3n) is 1.85. The number of amides is 1. The smallest absolute Gasteiger partial charge is 0.410 e. The summed E-state index contributed by atoms with van der Waals surface area (Å²) in [7, 11) is 0. The quantitative estimate of drug-likeness (QED) is 0.433. The molecule has 0 saturated carbocycles. The van der Waals surface area contributed by atoms with E-state index in [4.69, 9.17) is 4.55 Å². The first-order valence-corrected chi connectivity index (χ1v) is 6.63. The van der Waals surface area contributed by atoms with Gasteiger partial charge in [0.05, 0.1) is 5.41 Å². The molecule has 0 heterocycles. The van der Waals surface area contributed by atoms with Gasteiger partial charge in [0, 0.05) is 13.0 Å². The van der Waals surface area contributed by atoms with Gasteiger partial charge in [-0.15, -0.1) is 0 Å². The molecule has 0 aromatic heterocycles. The lowest BCUT2D eigenvalue weighted by Gasteiger charge is -2.16. The standard InChI is InChI=1S/C10H18FNO6S/c1-10(2,3)8(13)17-6-18-9(14)12-5-4-7(11)19(15)16/h7H,4-6H2,1-3H3,(H,12,14)(H,15,16). The zero-order valence-electron chi connectivity index (χ0n) is 11.0. The van der Waals surface area contributed by atoms with E-state index in [1.165, 1.54) is 0 Å². The number of halogens is 1. The van der Waals surface area contributed by atoms with Gasteiger partial charge in [-0.1, -0.05) is 0 Å². The molecule has 2 unspecified atom stereocenters. The van der Waals surface area contributed by atoms with E-state index in [9.17, 15) is 18.2 Å². The number of hydrogen-bond donors (Lipinski definition) is 2. The summed E-state index contributed by atoms with van der Waals surface area (Å²) in [6.07, 6.45) is -1.22. The van der Waals surface area contributed by atoms with Crippen molar-refractivity contribution >= 4 is 23.1 Å². The highest BCUT2D eigenvalue weighted by molar-refractivity contribution is 7.79. The van der Waals surface area contributed by atoms with Crippen molar-refractivity contribution in [2.24, 2.45) is 5.41 Å². The predicted octanol–water partition coefficient (Wildman–Crippen LogP) is 1.17. The zero-order chi connectivity index (χ0) is 15.1. The summed E-state index contributed by atoms with van der Waals surface area (Å²) in [4.78, 5) is 22.3. The summed E-state index contributed by atoms with van der Waals surface area (Å²) in [6, 6.07) is 0. The lowest BCUT2D eigenvalue weighted by molar-refractivity contribution is -0.161. The van der Waals surface area contributed by atoms with Crippen LogP contribution in [0.4, 0.5) is 9.18 Å². The van der Waals surface area contributed by atoms with Crippen LogP contribution in [0.5, 0.6) is 0 Å². The topological polar surface area (TPSA) is 102 Å². The SMILES string of the molecule is CC(C)(C)C(=O)OCOC(=O)NCCC(F)S(=O)O. The van der Waals surface area contributed by atoms with Crippen LogP contribution in [0.2, 0.25) is 0 Å². The zero-order valence-corrected chi connectivity index (χ0v) is 11.8. The second-order valence-electron chi connectivity index (χ2n) is 4.63. The highest BCUT2D eigenvalue weighted by Gasteiger charge is 2.23. The Bertz CT molecular complexity index is 343. The molecule has 2 N–H and O–H groups in total. The van der Waals surface area contributed by atoms with Crippen LogP contribution in [-0.2, 0) is 25.3 Å². The van der Waals surface area contributed by atoms with E-state index in [2.05, 4.69) is 14.8 Å². The van der Waals surface area contributed by atoms with E-state index in [0.29, 0.717) is 0 Å². The van der Waals surface area contributed by atoms with Gasteiger partial charge in [0.1, 0.15) is 0 Å². The average molecular weight is 299 g/mol. The molecule has 2 atom stereocenters. The summed E-state index contributed by atoms with van der Waals surface area (Å²) >= 11 is -2.57. The third kappa shape index (κ3) is 8.49. The van der Waals surface area contributed by atoms with Gasteiger partial charge in [0.15, 0.2) is 11.1 Å². The van der Waals surface area contributed by atoms with Crippen LogP contribution in [0.1, 0.15) is 27.2 Å². The van der Waals surface area contributed by atoms with Gasteiger partial charge < -0.3 is 19.3 Å². The Balaban J connectivity index is 3.72. The monoisotopic (exact) mass is 299 g/mol. The maximum Gasteiger partial charge on any atom is 0.410 e. The van der Waals surface area contributed by atoms with E-state index in [1.807, 2.05) is 0 Å². The van der Waals surface area contributed by atoms with E-state index in [0.717, 1.165) is 0 Å². The predicted molar refractivity (Wildman–Crippen MR) is 65.2 cm³/mol. The van der Waals surface area contributed by atoms with Gasteiger partial charge in [0.25, 0.3) is 0 Å². The average Bonchev–Trinajstić information content (AvgIpc) is 2.27. The minimum Gasteiger partial charge on any atom is -0.427 e. The molecule has 0 bridgehead atoms. The lowest BCUT2D eigenvalue weighted by Crippen LogP contribution is -2.30. The highest BCUT2D eigenvalue weighted by atomic mass is 32.2. The Morgan fingerprint density at radius 1 is 1.37 bits per heavy atom. The first-order chi connectivity index (χ1) is 8.64. The van der Waals surface area contributed by atoms with Gasteiger partial charge in [0.2, 0.25) is 12.3 Å². The fraction of sp³-hybridized carbons (Fsp3) is 0.800. The Labute approximate surface area is 113 Å². The molecular weight excluding hydrogens is 281 g/mol. The minimum atomic E-state index is -2.57. The Hall–Kier alpha value is -1.22. The van der Waals surface area contributed by atoms with Crippen LogP contribution in [0.3, 0.4) is 0 Å². The molecule has 0 rings (SSSR count). The summed E-state index contributed by atoms with van der Waals surface area (Å²) in [5.74, 6) is -0.528. The molecule has 0 radical (unpaired) electrons. The molecule has 7 nitrogen and oxygen atoms in total. The second kappa shape index (κ2) is 8.05. The van der Waals surface area contributed by atoms with Crippen molar-refractivity contribution in [3.05, 3.63) is 0 Å². The van der Waals surface area contributed by atoms with Crippen molar-refractivity contribution in [3.63, 3.8) is 0 Å². The fourth-order valence-corrected chi connectivity index (χ4v) is 1.11. The number of nitrogens with one attached hydrogen (secondary N) is 1. The highest BCUT2D eigenvalue weighted by Crippen LogP contribution is 2.14. The largest absolute Gasteiger partial charge is 0.427 e. The van der Waals surface area contributed by atoms with E-state index in [1.54, 1.807) is 20.8 Å². The maximum absolute atomic E-state index is 12.7. The molecule has 112 valence electrons. The molecule has 0 spiro atoms. The number of alkyl halides is 1. The van der Waals surface area contributed by atoms with Crippen molar-refractivity contribution in [2.45, 2.75) is 32.7 Å². The van der Waals surface area contributed by atoms with Crippen molar-refractivity contribution in [1.82, 2.24) is 5.32 Å². The molecule has 19 heavy (non-hydrogen) atoms. The maximum atomic E-state index is 12.7. The van der Waals surface area contributed by atoms with Gasteiger partial charge in [-0.3, -0.25) is 4.79 Å². The minimum absolute atomic E-state index is 0.167. The van der Waals surface area contributed by atoms with Crippen LogP contribution in [0.25, 0.3) is 0 Å². The normalized spacial score (nSPS) is 14.4. The Morgan fingerprint density at radius 3 is 2.42 bits per heavy atom. The number of ether oxygens (including phenoxy) is 2. The molecule has 0 saturated heterocycles. The first kappa shape index (κ1) is 17.8. The second-order valence-corrected chi connectivity index (χ2v) is 5.70. The van der Waals surface area contributed by atoms with Crippen molar-refractivity contribution in [1.29, 1.82) is 0 Å². The molecule has 1 amide bonds. The van der Waals surface area contributed by atoms with Crippen LogP contribution in [0, 0.1) is 5.41 Å². The summed E-state index contributed by atoms with van der Waals surface area (Å²) in [5.41, 5.74) is -2.63. The summed E-state index contributed by atoms with van der Waals surface area (Å²) in [6.45, 7) is 4.22. The van der Waals surface area contributed by atoms with Crippen molar-refractivity contribution in [2.75, 3.05) is 13.3 Å². The Kier molecular flexibility index (Phi) is 7.53. The van der Waals surface area contributed by atoms with E-state index in [-0.39, 0.29) is 13.0 Å². The first-order valence-electron chi connectivity index (χ1n) is 5.46. The van der Waals surface area contributed by atoms with Crippen LogP contribution in [0.15, 0.2) is 0 Å². The van der Waals surface area contributed by atoms with Gasteiger partial charge >= 0.3 is 12.1 Å². The Morgan fingerprint density at radius 2 is 1.95 bits per heavy atom. The number of esters is 1. The fourth-order valence-electron chi connectivity index (χ4n) is 0.793. The molecule has 0 aromatic carbocycles. The number of carbonyl (C=O) groups excluding carboxylic acids is 2. The van der Waals surface area contributed by atoms with Crippen molar-refractivity contribution < 1.29 is 32.2 Å². The summed E-state index contributed by atoms with van der Waals surface area (Å²) in [5, 5.41) is 2.14. The summed E-state index contributed by atoms with van der Waals surface area (Å²) < 4.78 is 40.4. The molecular formula is C10H18FNO6S. The van der Waals surface area contributed by atoms with Crippen LogP contribution in [-0.4, -0.2) is 39.7 Å². The molecule has 0 aliphatic carbocycles. The number of alkyl carbamates (subject to hydrolysis) is 1. The van der Waals surface area contributed by atoms with E-state index >= 15 is 0 Å². The van der Waals surface area contributed by atoms with Crippen LogP contribution < -0.4 is 5.32 Å². The molecule has 0 aliphatic heterocycles. The molecule has 9 heteroatoms. The number of carbonyl (C=O) groups is 2. The van der Waals surface area contributed by atoms with Crippen molar-refractivity contribution in [3.8, 4) is 0 Å².